The van der Waals surface area contributed by atoms with Crippen LogP contribution in [-0.2, 0) is 0 Å². The normalized spacial score (nSPS) is 10.5. The highest BCUT2D eigenvalue weighted by Gasteiger charge is 2.16. The number of carbonyl (C=O) groups is 1. The van der Waals surface area contributed by atoms with E-state index in [1.54, 1.807) is 0 Å². The quantitative estimate of drug-likeness (QED) is 0.806. The van der Waals surface area contributed by atoms with Crippen molar-refractivity contribution in [2.75, 3.05) is 5.32 Å². The Kier molecular flexibility index (Phi) is 3.61. The van der Waals surface area contributed by atoms with Crippen molar-refractivity contribution < 1.29 is 18.0 Å². The fourth-order valence-corrected chi connectivity index (χ4v) is 1.74. The monoisotopic (exact) mass is 301 g/mol. The van der Waals surface area contributed by atoms with E-state index in [4.69, 9.17) is 4.42 Å². The first kappa shape index (κ1) is 13.9. The second kappa shape index (κ2) is 5.72. The summed E-state index contributed by atoms with van der Waals surface area (Å²) >= 11 is 0. The first-order chi connectivity index (χ1) is 10.6. The number of amides is 1. The number of anilines is 1. The molecule has 7 heteroatoms. The molecule has 1 amide bonds. The second-order valence-electron chi connectivity index (χ2n) is 4.38. The second-order valence-corrected chi connectivity index (χ2v) is 4.38. The van der Waals surface area contributed by atoms with E-state index < -0.39 is 17.5 Å². The number of benzene rings is 2. The van der Waals surface area contributed by atoms with Crippen molar-refractivity contribution in [3.63, 3.8) is 0 Å². The van der Waals surface area contributed by atoms with Crippen molar-refractivity contribution >= 4 is 11.6 Å². The van der Waals surface area contributed by atoms with Gasteiger partial charge in [-0.1, -0.05) is 0 Å². The first-order valence-corrected chi connectivity index (χ1v) is 6.28. The summed E-state index contributed by atoms with van der Waals surface area (Å²) in [5.74, 6) is -1.56. The number of hydrogen-bond acceptors (Lipinski definition) is 4. The number of halogens is 2. The average Bonchev–Trinajstić information content (AvgIpc) is 3.00. The molecule has 0 atom stereocenters. The maximum Gasteiger partial charge on any atom is 0.313 e. The third-order valence-corrected chi connectivity index (χ3v) is 2.81. The predicted octanol–water partition coefficient (Wildman–Crippen LogP) is 3.27. The van der Waals surface area contributed by atoms with Crippen molar-refractivity contribution in [3.8, 4) is 11.5 Å². The Morgan fingerprint density at radius 3 is 2.14 bits per heavy atom. The van der Waals surface area contributed by atoms with Gasteiger partial charge in [-0.25, -0.2) is 8.78 Å². The first-order valence-electron chi connectivity index (χ1n) is 6.28. The summed E-state index contributed by atoms with van der Waals surface area (Å²) in [7, 11) is 0. The standard InChI is InChI=1S/C15H9F2N3O2/c16-10-3-1-9(2-4-10)14-19-20-15(22-14)13(21)18-12-7-5-11(17)6-8-12/h1-8H,(H,18,21). The van der Waals surface area contributed by atoms with Gasteiger partial charge in [-0.15, -0.1) is 10.2 Å². The zero-order valence-electron chi connectivity index (χ0n) is 11.1. The van der Waals surface area contributed by atoms with Crippen molar-refractivity contribution in [1.82, 2.24) is 10.2 Å². The molecule has 0 spiro atoms. The molecule has 2 aromatic carbocycles. The number of carbonyl (C=O) groups excluding carboxylic acids is 1. The Balaban J connectivity index is 1.76. The van der Waals surface area contributed by atoms with E-state index in [9.17, 15) is 13.6 Å². The Bertz CT molecular complexity index is 798. The van der Waals surface area contributed by atoms with E-state index in [0.717, 1.165) is 0 Å². The molecule has 0 aliphatic heterocycles. The highest BCUT2D eigenvalue weighted by molar-refractivity contribution is 6.00. The van der Waals surface area contributed by atoms with Crippen molar-refractivity contribution in [1.29, 1.82) is 0 Å². The summed E-state index contributed by atoms with van der Waals surface area (Å²) in [4.78, 5) is 11.9. The van der Waals surface area contributed by atoms with Crippen LogP contribution in [0.25, 0.3) is 11.5 Å². The van der Waals surface area contributed by atoms with Crippen molar-refractivity contribution in [2.24, 2.45) is 0 Å². The molecular weight excluding hydrogens is 292 g/mol. The van der Waals surface area contributed by atoms with Crippen LogP contribution in [0.4, 0.5) is 14.5 Å². The van der Waals surface area contributed by atoms with Crippen molar-refractivity contribution in [2.45, 2.75) is 0 Å². The van der Waals surface area contributed by atoms with Gasteiger partial charge in [0.2, 0.25) is 5.89 Å². The minimum Gasteiger partial charge on any atom is -0.412 e. The van der Waals surface area contributed by atoms with E-state index in [-0.39, 0.29) is 11.8 Å². The molecule has 0 radical (unpaired) electrons. The minimum absolute atomic E-state index is 0.101. The van der Waals surface area contributed by atoms with Gasteiger partial charge in [-0.05, 0) is 48.5 Å². The number of aromatic nitrogens is 2. The topological polar surface area (TPSA) is 68.0 Å². The molecule has 1 heterocycles. The largest absolute Gasteiger partial charge is 0.412 e. The van der Waals surface area contributed by atoms with E-state index in [1.165, 1.54) is 48.5 Å². The molecule has 0 saturated heterocycles. The lowest BCUT2D eigenvalue weighted by atomic mass is 10.2. The van der Waals surface area contributed by atoms with Gasteiger partial charge >= 0.3 is 11.8 Å². The van der Waals surface area contributed by atoms with Gasteiger partial charge in [0.05, 0.1) is 0 Å². The van der Waals surface area contributed by atoms with Gasteiger partial charge in [-0.2, -0.15) is 0 Å². The predicted molar refractivity (Wildman–Crippen MR) is 74.0 cm³/mol. The lowest BCUT2D eigenvalue weighted by molar-refractivity contribution is 0.0991. The molecule has 5 nitrogen and oxygen atoms in total. The third-order valence-electron chi connectivity index (χ3n) is 2.81. The Morgan fingerprint density at radius 2 is 1.50 bits per heavy atom. The lowest BCUT2D eigenvalue weighted by Gasteiger charge is -2.01. The number of hydrogen-bond donors (Lipinski definition) is 1. The minimum atomic E-state index is -0.618. The molecule has 0 aliphatic rings. The fraction of sp³-hybridized carbons (Fsp3) is 0. The van der Waals surface area contributed by atoms with Crippen LogP contribution in [-0.4, -0.2) is 16.1 Å². The van der Waals surface area contributed by atoms with Crippen LogP contribution in [0.1, 0.15) is 10.7 Å². The van der Waals surface area contributed by atoms with Gasteiger partial charge in [-0.3, -0.25) is 4.79 Å². The molecule has 110 valence electrons. The highest BCUT2D eigenvalue weighted by Crippen LogP contribution is 2.18. The molecular formula is C15H9F2N3O2. The van der Waals surface area contributed by atoms with Crippen LogP contribution < -0.4 is 5.32 Å². The molecule has 0 fully saturated rings. The highest BCUT2D eigenvalue weighted by atomic mass is 19.1. The van der Waals surface area contributed by atoms with Gasteiger partial charge in [0.25, 0.3) is 0 Å². The molecule has 1 N–H and O–H groups in total. The van der Waals surface area contributed by atoms with Crippen LogP contribution in [0.5, 0.6) is 0 Å². The summed E-state index contributed by atoms with van der Waals surface area (Å²) in [6.07, 6.45) is 0. The van der Waals surface area contributed by atoms with E-state index in [1.807, 2.05) is 0 Å². The van der Waals surface area contributed by atoms with E-state index >= 15 is 0 Å². The van der Waals surface area contributed by atoms with Crippen LogP contribution in [0.3, 0.4) is 0 Å². The Labute approximate surface area is 123 Å². The summed E-state index contributed by atoms with van der Waals surface area (Å²) in [6, 6.07) is 10.7. The number of nitrogens with one attached hydrogen (secondary N) is 1. The van der Waals surface area contributed by atoms with Crippen LogP contribution in [0.2, 0.25) is 0 Å². The molecule has 1 aromatic heterocycles. The maximum absolute atomic E-state index is 12.8. The van der Waals surface area contributed by atoms with E-state index in [0.29, 0.717) is 11.3 Å². The number of rotatable bonds is 3. The Morgan fingerprint density at radius 1 is 0.909 bits per heavy atom. The van der Waals surface area contributed by atoms with Crippen LogP contribution in [0.15, 0.2) is 52.9 Å². The van der Waals surface area contributed by atoms with Crippen molar-refractivity contribution in [3.05, 3.63) is 66.1 Å². The maximum atomic E-state index is 12.8. The lowest BCUT2D eigenvalue weighted by Crippen LogP contribution is -2.12. The zero-order chi connectivity index (χ0) is 15.5. The summed E-state index contributed by atoms with van der Waals surface area (Å²) < 4.78 is 30.9. The molecule has 0 unspecified atom stereocenters. The van der Waals surface area contributed by atoms with Gasteiger partial charge < -0.3 is 9.73 Å². The smallest absolute Gasteiger partial charge is 0.313 e. The average molecular weight is 301 g/mol. The van der Waals surface area contributed by atoms with Gasteiger partial charge in [0.1, 0.15) is 11.6 Å². The fourth-order valence-electron chi connectivity index (χ4n) is 1.74. The molecule has 0 saturated carbocycles. The van der Waals surface area contributed by atoms with E-state index in [2.05, 4.69) is 15.5 Å². The Hall–Kier alpha value is -3.09. The van der Waals surface area contributed by atoms with Gasteiger partial charge in [0.15, 0.2) is 0 Å². The van der Waals surface area contributed by atoms with Crippen LogP contribution in [0, 0.1) is 11.6 Å². The molecule has 0 bridgehead atoms. The molecule has 22 heavy (non-hydrogen) atoms. The molecule has 0 aliphatic carbocycles. The number of nitrogens with zero attached hydrogens (tertiary/aromatic N) is 2. The zero-order valence-corrected chi connectivity index (χ0v) is 11.1. The summed E-state index contributed by atoms with van der Waals surface area (Å²) in [5.41, 5.74) is 0.891. The summed E-state index contributed by atoms with van der Waals surface area (Å²) in [6.45, 7) is 0. The molecule has 3 aromatic rings. The molecule has 3 rings (SSSR count). The van der Waals surface area contributed by atoms with Gasteiger partial charge in [0, 0.05) is 11.3 Å². The third kappa shape index (κ3) is 2.98. The SMILES string of the molecule is O=C(Nc1ccc(F)cc1)c1nnc(-c2ccc(F)cc2)o1. The summed E-state index contributed by atoms with van der Waals surface area (Å²) in [5, 5.41) is 9.86. The van der Waals surface area contributed by atoms with Crippen LogP contribution >= 0.6 is 0 Å².